The highest BCUT2D eigenvalue weighted by Crippen LogP contribution is 2.16. The Labute approximate surface area is 152 Å². The quantitative estimate of drug-likeness (QED) is 0.766. The van der Waals surface area contributed by atoms with E-state index >= 15 is 0 Å². The maximum Gasteiger partial charge on any atom is 0.264 e. The van der Waals surface area contributed by atoms with E-state index in [4.69, 9.17) is 4.84 Å². The molecule has 0 fully saturated rings. The SMILES string of the molecule is CON(C)S(=O)(=O)c1ccc(C(=O)NCc2cn3c(n2)CCCC3)cc1. The van der Waals surface area contributed by atoms with E-state index in [1.165, 1.54) is 38.4 Å². The predicted octanol–water partition coefficient (Wildman–Crippen LogP) is 1.33. The summed E-state index contributed by atoms with van der Waals surface area (Å²) in [5, 5.41) is 2.82. The van der Waals surface area contributed by atoms with Crippen LogP contribution in [0.25, 0.3) is 0 Å². The number of benzene rings is 1. The number of fused-ring (bicyclic) bond motifs is 1. The van der Waals surface area contributed by atoms with E-state index in [1.54, 1.807) is 0 Å². The second-order valence-electron chi connectivity index (χ2n) is 6.10. The molecule has 1 amide bonds. The lowest BCUT2D eigenvalue weighted by atomic mass is 10.2. The summed E-state index contributed by atoms with van der Waals surface area (Å²) >= 11 is 0. The molecule has 0 bridgehead atoms. The summed E-state index contributed by atoms with van der Waals surface area (Å²) in [6.07, 6.45) is 5.25. The summed E-state index contributed by atoms with van der Waals surface area (Å²) in [6, 6.07) is 5.72. The molecule has 1 aliphatic rings. The normalized spacial score (nSPS) is 14.3. The molecule has 26 heavy (non-hydrogen) atoms. The number of amides is 1. The lowest BCUT2D eigenvalue weighted by Gasteiger charge is -2.14. The maximum atomic E-state index is 12.3. The lowest BCUT2D eigenvalue weighted by molar-refractivity contribution is -0.0258. The minimum absolute atomic E-state index is 0.0557. The van der Waals surface area contributed by atoms with Crippen LogP contribution in [0.15, 0.2) is 35.4 Å². The van der Waals surface area contributed by atoms with E-state index in [0.717, 1.165) is 41.8 Å². The molecule has 1 aliphatic heterocycles. The van der Waals surface area contributed by atoms with Crippen molar-refractivity contribution < 1.29 is 18.0 Å². The average molecular weight is 378 g/mol. The fourth-order valence-electron chi connectivity index (χ4n) is 2.85. The monoisotopic (exact) mass is 378 g/mol. The Bertz CT molecular complexity index is 866. The van der Waals surface area contributed by atoms with E-state index < -0.39 is 10.0 Å². The van der Waals surface area contributed by atoms with Gasteiger partial charge in [0.25, 0.3) is 15.9 Å². The molecule has 3 rings (SSSR count). The van der Waals surface area contributed by atoms with Crippen molar-refractivity contribution in [3.05, 3.63) is 47.5 Å². The summed E-state index contributed by atoms with van der Waals surface area (Å²) in [5.41, 5.74) is 1.21. The predicted molar refractivity (Wildman–Crippen MR) is 94.7 cm³/mol. The zero-order valence-electron chi connectivity index (χ0n) is 14.8. The third-order valence-corrected chi connectivity index (χ3v) is 6.09. The minimum atomic E-state index is -3.72. The van der Waals surface area contributed by atoms with Crippen molar-refractivity contribution in [1.29, 1.82) is 0 Å². The van der Waals surface area contributed by atoms with Gasteiger partial charge in [-0.3, -0.25) is 9.63 Å². The molecule has 0 radical (unpaired) electrons. The number of hydrogen-bond acceptors (Lipinski definition) is 5. The van der Waals surface area contributed by atoms with Gasteiger partial charge in [0.05, 0.1) is 24.2 Å². The summed E-state index contributed by atoms with van der Waals surface area (Å²) in [5.74, 6) is 0.789. The molecule has 0 saturated heterocycles. The number of nitrogens with zero attached hydrogens (tertiary/aromatic N) is 3. The van der Waals surface area contributed by atoms with Crippen LogP contribution in [-0.4, -0.2) is 42.5 Å². The maximum absolute atomic E-state index is 12.3. The summed E-state index contributed by atoms with van der Waals surface area (Å²) in [7, 11) is -1.15. The highest BCUT2D eigenvalue weighted by Gasteiger charge is 2.21. The third-order valence-electron chi connectivity index (χ3n) is 4.40. The average Bonchev–Trinajstić information content (AvgIpc) is 3.08. The fourth-order valence-corrected chi connectivity index (χ4v) is 3.83. The Morgan fingerprint density at radius 1 is 1.31 bits per heavy atom. The summed E-state index contributed by atoms with van der Waals surface area (Å²) in [6.45, 7) is 1.31. The Hall–Kier alpha value is -2.23. The van der Waals surface area contributed by atoms with Gasteiger partial charge in [-0.15, -0.1) is 0 Å². The number of imidazole rings is 1. The molecule has 1 aromatic carbocycles. The Morgan fingerprint density at radius 3 is 2.69 bits per heavy atom. The topological polar surface area (TPSA) is 93.5 Å². The van der Waals surface area contributed by atoms with Crippen LogP contribution in [0, 0.1) is 0 Å². The largest absolute Gasteiger partial charge is 0.346 e. The van der Waals surface area contributed by atoms with Gasteiger partial charge in [-0.25, -0.2) is 13.4 Å². The zero-order chi connectivity index (χ0) is 18.7. The number of aromatic nitrogens is 2. The molecule has 0 unspecified atom stereocenters. The van der Waals surface area contributed by atoms with Crippen LogP contribution >= 0.6 is 0 Å². The minimum Gasteiger partial charge on any atom is -0.346 e. The van der Waals surface area contributed by atoms with E-state index in [9.17, 15) is 13.2 Å². The van der Waals surface area contributed by atoms with Gasteiger partial charge >= 0.3 is 0 Å². The van der Waals surface area contributed by atoms with Crippen LogP contribution in [0.3, 0.4) is 0 Å². The number of rotatable bonds is 6. The highest BCUT2D eigenvalue weighted by atomic mass is 32.2. The fraction of sp³-hybridized carbons (Fsp3) is 0.412. The number of nitrogens with one attached hydrogen (secondary N) is 1. The van der Waals surface area contributed by atoms with Gasteiger partial charge in [0.15, 0.2) is 0 Å². The zero-order valence-corrected chi connectivity index (χ0v) is 15.6. The molecule has 0 spiro atoms. The van der Waals surface area contributed by atoms with Gasteiger partial charge in [0.1, 0.15) is 5.82 Å². The van der Waals surface area contributed by atoms with Crippen molar-refractivity contribution in [2.75, 3.05) is 14.2 Å². The molecule has 8 nitrogen and oxygen atoms in total. The number of carbonyl (C=O) groups is 1. The number of sulfonamides is 1. The highest BCUT2D eigenvalue weighted by molar-refractivity contribution is 7.89. The molecule has 0 saturated carbocycles. The lowest BCUT2D eigenvalue weighted by Crippen LogP contribution is -2.26. The third kappa shape index (κ3) is 3.79. The molecule has 9 heteroatoms. The Morgan fingerprint density at radius 2 is 2.04 bits per heavy atom. The second kappa shape index (κ2) is 7.56. The molecule has 1 N–H and O–H groups in total. The first-order chi connectivity index (χ1) is 12.4. The van der Waals surface area contributed by atoms with E-state index in [1.807, 2.05) is 6.20 Å². The van der Waals surface area contributed by atoms with Crippen LogP contribution in [0.1, 0.15) is 34.7 Å². The van der Waals surface area contributed by atoms with E-state index in [-0.39, 0.29) is 10.8 Å². The molecule has 2 heterocycles. The van der Waals surface area contributed by atoms with Crippen molar-refractivity contribution in [3.8, 4) is 0 Å². The van der Waals surface area contributed by atoms with Gasteiger partial charge in [0.2, 0.25) is 0 Å². The molecular weight excluding hydrogens is 356 g/mol. The number of hydroxylamine groups is 1. The van der Waals surface area contributed by atoms with Crippen LogP contribution in [0.5, 0.6) is 0 Å². The van der Waals surface area contributed by atoms with E-state index in [2.05, 4.69) is 14.9 Å². The Kier molecular flexibility index (Phi) is 5.40. The van der Waals surface area contributed by atoms with Crippen LogP contribution in [-0.2, 0) is 34.4 Å². The Balaban J connectivity index is 1.64. The van der Waals surface area contributed by atoms with Crippen molar-refractivity contribution in [2.45, 2.75) is 37.2 Å². The van der Waals surface area contributed by atoms with Crippen LogP contribution < -0.4 is 5.32 Å². The van der Waals surface area contributed by atoms with Gasteiger partial charge in [-0.1, -0.05) is 4.47 Å². The van der Waals surface area contributed by atoms with Crippen LogP contribution in [0.4, 0.5) is 0 Å². The first kappa shape index (κ1) is 18.6. The van der Waals surface area contributed by atoms with Crippen molar-refractivity contribution in [3.63, 3.8) is 0 Å². The number of hydrogen-bond donors (Lipinski definition) is 1. The summed E-state index contributed by atoms with van der Waals surface area (Å²) in [4.78, 5) is 21.6. The van der Waals surface area contributed by atoms with Crippen molar-refractivity contribution >= 4 is 15.9 Å². The molecule has 0 atom stereocenters. The van der Waals surface area contributed by atoms with Gasteiger partial charge in [-0.2, -0.15) is 0 Å². The molecule has 140 valence electrons. The van der Waals surface area contributed by atoms with Gasteiger partial charge in [-0.05, 0) is 37.1 Å². The van der Waals surface area contributed by atoms with Crippen molar-refractivity contribution in [1.82, 2.24) is 19.3 Å². The number of aryl methyl sites for hydroxylation is 2. The molecular formula is C17H22N4O4S. The molecule has 1 aromatic heterocycles. The van der Waals surface area contributed by atoms with E-state index in [0.29, 0.717) is 12.1 Å². The standard InChI is InChI=1S/C17H22N4O4S/c1-20(25-2)26(23,24)15-8-6-13(7-9-15)17(22)18-11-14-12-21-10-4-3-5-16(21)19-14/h6-9,12H,3-5,10-11H2,1-2H3,(H,18,22). The first-order valence-electron chi connectivity index (χ1n) is 8.38. The summed E-state index contributed by atoms with van der Waals surface area (Å²) < 4.78 is 27.2. The molecule has 2 aromatic rings. The van der Waals surface area contributed by atoms with Crippen molar-refractivity contribution in [2.24, 2.45) is 0 Å². The smallest absolute Gasteiger partial charge is 0.264 e. The first-order valence-corrected chi connectivity index (χ1v) is 9.82. The van der Waals surface area contributed by atoms with Gasteiger partial charge in [0, 0.05) is 31.8 Å². The molecule has 0 aliphatic carbocycles. The van der Waals surface area contributed by atoms with Crippen LogP contribution in [0.2, 0.25) is 0 Å². The second-order valence-corrected chi connectivity index (χ2v) is 8.04. The van der Waals surface area contributed by atoms with Gasteiger partial charge < -0.3 is 9.88 Å². The number of carbonyl (C=O) groups excluding carboxylic acids is 1.